The lowest BCUT2D eigenvalue weighted by Crippen LogP contribution is -2.49. The molecule has 0 bridgehead atoms. The standard InChI is InChI=1S/C13H24F3NO/c1-4-10(17)11(13(14,15)16)18-9-5-7-12(2,3)8-6-9/h9-11H,4-8,17H2,1-3H3. The molecule has 0 heterocycles. The molecule has 0 amide bonds. The van der Waals surface area contributed by atoms with Crippen LogP contribution in [0.25, 0.3) is 0 Å². The van der Waals surface area contributed by atoms with Gasteiger partial charge in [-0.2, -0.15) is 13.2 Å². The summed E-state index contributed by atoms with van der Waals surface area (Å²) in [7, 11) is 0. The predicted octanol–water partition coefficient (Wildman–Crippen LogP) is 3.64. The molecule has 0 aliphatic heterocycles. The maximum atomic E-state index is 12.9. The van der Waals surface area contributed by atoms with Crippen LogP contribution in [0.3, 0.4) is 0 Å². The third-order valence-electron chi connectivity index (χ3n) is 3.81. The van der Waals surface area contributed by atoms with E-state index >= 15 is 0 Å². The van der Waals surface area contributed by atoms with Gasteiger partial charge >= 0.3 is 6.18 Å². The first-order chi connectivity index (χ1) is 8.15. The molecule has 1 fully saturated rings. The van der Waals surface area contributed by atoms with E-state index in [1.807, 2.05) is 0 Å². The predicted molar refractivity (Wildman–Crippen MR) is 65.2 cm³/mol. The van der Waals surface area contributed by atoms with Crippen molar-refractivity contribution in [3.05, 3.63) is 0 Å². The maximum absolute atomic E-state index is 12.9. The van der Waals surface area contributed by atoms with Crippen molar-refractivity contribution in [3.8, 4) is 0 Å². The van der Waals surface area contributed by atoms with Gasteiger partial charge in [0.1, 0.15) is 0 Å². The van der Waals surface area contributed by atoms with Gasteiger partial charge in [-0.25, -0.2) is 0 Å². The Morgan fingerprint density at radius 1 is 1.28 bits per heavy atom. The lowest BCUT2D eigenvalue weighted by molar-refractivity contribution is -0.243. The van der Waals surface area contributed by atoms with Crippen LogP contribution in [-0.4, -0.2) is 24.4 Å². The van der Waals surface area contributed by atoms with Crippen LogP contribution < -0.4 is 5.73 Å². The van der Waals surface area contributed by atoms with Gasteiger partial charge in [0.15, 0.2) is 6.10 Å². The Bertz CT molecular complexity index is 255. The van der Waals surface area contributed by atoms with Gasteiger partial charge in [-0.15, -0.1) is 0 Å². The largest absolute Gasteiger partial charge is 0.416 e. The Balaban J connectivity index is 2.57. The molecular weight excluding hydrogens is 243 g/mol. The van der Waals surface area contributed by atoms with Crippen LogP contribution in [0.15, 0.2) is 0 Å². The molecule has 2 atom stereocenters. The van der Waals surface area contributed by atoms with Crippen molar-refractivity contribution in [2.45, 2.75) is 77.3 Å². The van der Waals surface area contributed by atoms with E-state index in [-0.39, 0.29) is 17.9 Å². The lowest BCUT2D eigenvalue weighted by Gasteiger charge is -2.37. The van der Waals surface area contributed by atoms with E-state index in [1.54, 1.807) is 6.92 Å². The number of alkyl halides is 3. The smallest absolute Gasteiger partial charge is 0.364 e. The fourth-order valence-electron chi connectivity index (χ4n) is 2.35. The van der Waals surface area contributed by atoms with Crippen molar-refractivity contribution in [3.63, 3.8) is 0 Å². The van der Waals surface area contributed by atoms with Crippen molar-refractivity contribution in [1.82, 2.24) is 0 Å². The Kier molecular flexibility index (Phi) is 5.06. The number of hydrogen-bond acceptors (Lipinski definition) is 2. The number of rotatable bonds is 4. The van der Waals surface area contributed by atoms with E-state index in [0.29, 0.717) is 12.8 Å². The van der Waals surface area contributed by atoms with Crippen LogP contribution in [0.4, 0.5) is 13.2 Å². The molecule has 0 saturated heterocycles. The summed E-state index contributed by atoms with van der Waals surface area (Å²) in [6, 6.07) is -0.972. The summed E-state index contributed by atoms with van der Waals surface area (Å²) in [6.07, 6.45) is -3.04. The fourth-order valence-corrected chi connectivity index (χ4v) is 2.35. The second kappa shape index (κ2) is 5.78. The average Bonchev–Trinajstić information content (AvgIpc) is 2.25. The number of nitrogens with two attached hydrogens (primary N) is 1. The molecule has 2 unspecified atom stereocenters. The van der Waals surface area contributed by atoms with Gasteiger partial charge in [-0.1, -0.05) is 20.8 Å². The van der Waals surface area contributed by atoms with Gasteiger partial charge in [0, 0.05) is 6.04 Å². The van der Waals surface area contributed by atoms with Crippen molar-refractivity contribution in [2.24, 2.45) is 11.1 Å². The first kappa shape index (κ1) is 15.8. The molecule has 1 rings (SSSR count). The van der Waals surface area contributed by atoms with Gasteiger partial charge in [0.2, 0.25) is 0 Å². The summed E-state index contributed by atoms with van der Waals surface area (Å²) >= 11 is 0. The molecular formula is C13H24F3NO. The molecule has 5 heteroatoms. The Labute approximate surface area is 107 Å². The quantitative estimate of drug-likeness (QED) is 0.844. The van der Waals surface area contributed by atoms with Gasteiger partial charge in [-0.05, 0) is 37.5 Å². The molecule has 0 radical (unpaired) electrons. The van der Waals surface area contributed by atoms with Crippen LogP contribution in [0.5, 0.6) is 0 Å². The highest BCUT2D eigenvalue weighted by molar-refractivity contribution is 4.84. The van der Waals surface area contributed by atoms with Crippen molar-refractivity contribution < 1.29 is 17.9 Å². The van der Waals surface area contributed by atoms with Crippen LogP contribution in [0, 0.1) is 5.41 Å². The molecule has 0 aromatic rings. The van der Waals surface area contributed by atoms with Crippen molar-refractivity contribution >= 4 is 0 Å². The topological polar surface area (TPSA) is 35.2 Å². The second-order valence-electron chi connectivity index (χ2n) is 6.03. The van der Waals surface area contributed by atoms with E-state index < -0.39 is 18.3 Å². The van der Waals surface area contributed by atoms with Crippen LogP contribution in [-0.2, 0) is 4.74 Å². The molecule has 1 saturated carbocycles. The zero-order valence-corrected chi connectivity index (χ0v) is 11.4. The fraction of sp³-hybridized carbons (Fsp3) is 1.00. The Morgan fingerprint density at radius 2 is 1.78 bits per heavy atom. The molecule has 18 heavy (non-hydrogen) atoms. The van der Waals surface area contributed by atoms with Crippen molar-refractivity contribution in [1.29, 1.82) is 0 Å². The summed E-state index contributed by atoms with van der Waals surface area (Å²) in [6.45, 7) is 5.93. The summed E-state index contributed by atoms with van der Waals surface area (Å²) in [5, 5.41) is 0. The van der Waals surface area contributed by atoms with E-state index in [9.17, 15) is 13.2 Å². The number of ether oxygens (including phenoxy) is 1. The molecule has 0 aromatic carbocycles. The number of halogens is 3. The number of hydrogen-bond donors (Lipinski definition) is 1. The van der Waals surface area contributed by atoms with Gasteiger partial charge in [0.05, 0.1) is 6.10 Å². The monoisotopic (exact) mass is 267 g/mol. The second-order valence-corrected chi connectivity index (χ2v) is 6.03. The zero-order valence-electron chi connectivity index (χ0n) is 11.4. The lowest BCUT2D eigenvalue weighted by atomic mass is 9.76. The highest BCUT2D eigenvalue weighted by atomic mass is 19.4. The minimum Gasteiger partial charge on any atom is -0.364 e. The third kappa shape index (κ3) is 4.43. The Morgan fingerprint density at radius 3 is 2.17 bits per heavy atom. The molecule has 0 aromatic heterocycles. The van der Waals surface area contributed by atoms with Gasteiger partial charge in [0.25, 0.3) is 0 Å². The normalized spacial score (nSPS) is 24.8. The molecule has 2 nitrogen and oxygen atoms in total. The van der Waals surface area contributed by atoms with E-state index in [4.69, 9.17) is 10.5 Å². The van der Waals surface area contributed by atoms with Gasteiger partial charge in [-0.3, -0.25) is 0 Å². The summed E-state index contributed by atoms with van der Waals surface area (Å²) in [4.78, 5) is 0. The molecule has 108 valence electrons. The highest BCUT2D eigenvalue weighted by Gasteiger charge is 2.45. The summed E-state index contributed by atoms with van der Waals surface area (Å²) in [5.41, 5.74) is 5.75. The van der Waals surface area contributed by atoms with Crippen LogP contribution in [0.1, 0.15) is 52.9 Å². The Hall–Kier alpha value is -0.290. The van der Waals surface area contributed by atoms with Gasteiger partial charge < -0.3 is 10.5 Å². The van der Waals surface area contributed by atoms with E-state index in [0.717, 1.165) is 12.8 Å². The molecule has 1 aliphatic rings. The van der Waals surface area contributed by atoms with Crippen molar-refractivity contribution in [2.75, 3.05) is 0 Å². The average molecular weight is 267 g/mol. The molecule has 0 spiro atoms. The first-order valence-electron chi connectivity index (χ1n) is 6.63. The first-order valence-corrected chi connectivity index (χ1v) is 6.63. The highest BCUT2D eigenvalue weighted by Crippen LogP contribution is 2.38. The summed E-state index contributed by atoms with van der Waals surface area (Å²) in [5.74, 6) is 0. The SMILES string of the molecule is CCC(N)C(OC1CCC(C)(C)CC1)C(F)(F)F. The zero-order chi connectivity index (χ0) is 14.0. The maximum Gasteiger partial charge on any atom is 0.416 e. The van der Waals surface area contributed by atoms with Crippen LogP contribution >= 0.6 is 0 Å². The molecule has 1 aliphatic carbocycles. The molecule has 2 N–H and O–H groups in total. The summed E-state index contributed by atoms with van der Waals surface area (Å²) < 4.78 is 43.8. The third-order valence-corrected chi connectivity index (χ3v) is 3.81. The van der Waals surface area contributed by atoms with E-state index in [2.05, 4.69) is 13.8 Å². The minimum absolute atomic E-state index is 0.223. The van der Waals surface area contributed by atoms with E-state index in [1.165, 1.54) is 0 Å². The van der Waals surface area contributed by atoms with Crippen LogP contribution in [0.2, 0.25) is 0 Å². The minimum atomic E-state index is -4.37.